The average Bonchev–Trinajstić information content (AvgIpc) is 3.53. The van der Waals surface area contributed by atoms with Gasteiger partial charge in [0.05, 0.1) is 28.5 Å². The number of nitriles is 1. The van der Waals surface area contributed by atoms with Crippen molar-refractivity contribution >= 4 is 22.9 Å². The van der Waals surface area contributed by atoms with E-state index in [1.807, 2.05) is 6.07 Å². The van der Waals surface area contributed by atoms with Crippen molar-refractivity contribution in [1.29, 1.82) is 5.26 Å². The molecule has 12 heteroatoms. The topological polar surface area (TPSA) is 134 Å². The second-order valence-corrected chi connectivity index (χ2v) is 9.14. The number of pyridine rings is 2. The molecule has 4 aromatic rings. The molecule has 1 saturated heterocycles. The second kappa shape index (κ2) is 9.93. The predicted molar refractivity (Wildman–Crippen MR) is 137 cm³/mol. The van der Waals surface area contributed by atoms with Gasteiger partial charge in [-0.05, 0) is 36.6 Å². The monoisotopic (exact) mass is 518 g/mol. The number of hydrogen-bond acceptors (Lipinski definition) is 7. The number of primary amides is 1. The van der Waals surface area contributed by atoms with Gasteiger partial charge in [0.25, 0.3) is 11.5 Å². The highest BCUT2D eigenvalue weighted by molar-refractivity contribution is 6.02. The molecule has 10 nitrogen and oxygen atoms in total. The molecule has 1 fully saturated rings. The highest BCUT2D eigenvalue weighted by Crippen LogP contribution is 2.32. The number of aromatic nitrogens is 4. The zero-order valence-electron chi connectivity index (χ0n) is 20.4. The number of carbonyl (C=O) groups is 1. The van der Waals surface area contributed by atoms with E-state index in [-0.39, 0.29) is 17.5 Å². The van der Waals surface area contributed by atoms with Crippen LogP contribution in [0.5, 0.6) is 0 Å². The van der Waals surface area contributed by atoms with E-state index >= 15 is 0 Å². The molecule has 38 heavy (non-hydrogen) atoms. The molecule has 0 radical (unpaired) electrons. The number of fused-ring (bicyclic) bond motifs is 1. The lowest BCUT2D eigenvalue weighted by Crippen LogP contribution is -2.30. The maximum Gasteiger partial charge on any atom is 0.321 e. The normalized spacial score (nSPS) is 17.2. The quantitative estimate of drug-likeness (QED) is 0.384. The molecule has 5 heterocycles. The van der Waals surface area contributed by atoms with Crippen molar-refractivity contribution in [3.8, 4) is 17.2 Å². The molecule has 1 amide bonds. The summed E-state index contributed by atoms with van der Waals surface area (Å²) < 4.78 is 28.5. The first-order valence-corrected chi connectivity index (χ1v) is 12.0. The first-order valence-electron chi connectivity index (χ1n) is 12.0. The third kappa shape index (κ3) is 4.54. The van der Waals surface area contributed by atoms with Crippen LogP contribution in [0.4, 0.5) is 20.3 Å². The van der Waals surface area contributed by atoms with Gasteiger partial charge in [-0.3, -0.25) is 14.2 Å². The summed E-state index contributed by atoms with van der Waals surface area (Å²) in [5, 5.41) is 16.8. The Morgan fingerprint density at radius 3 is 2.68 bits per heavy atom. The summed E-state index contributed by atoms with van der Waals surface area (Å²) in [4.78, 5) is 30.6. The number of hydrogen-bond donors (Lipinski definition) is 2. The zero-order chi connectivity index (χ0) is 27.0. The zero-order valence-corrected chi connectivity index (χ0v) is 20.4. The molecule has 1 aliphatic heterocycles. The minimum atomic E-state index is -2.97. The van der Waals surface area contributed by atoms with Gasteiger partial charge in [0, 0.05) is 54.9 Å². The highest BCUT2D eigenvalue weighted by Gasteiger charge is 2.33. The number of nitrogens with zero attached hydrogens (tertiary/aromatic N) is 6. The molecule has 3 N–H and O–H groups in total. The number of nitrogens with one attached hydrogen (secondary N) is 1. The number of rotatable bonds is 7. The number of amides is 1. The van der Waals surface area contributed by atoms with Crippen LogP contribution in [0.2, 0.25) is 0 Å². The molecule has 0 aromatic carbocycles. The van der Waals surface area contributed by atoms with Crippen LogP contribution in [-0.4, -0.2) is 44.2 Å². The van der Waals surface area contributed by atoms with Crippen molar-refractivity contribution < 1.29 is 13.6 Å². The summed E-state index contributed by atoms with van der Waals surface area (Å²) in [5.41, 5.74) is 7.51. The fourth-order valence-corrected chi connectivity index (χ4v) is 4.84. The van der Waals surface area contributed by atoms with Crippen molar-refractivity contribution in [3.05, 3.63) is 76.6 Å². The summed E-state index contributed by atoms with van der Waals surface area (Å²) >= 11 is 0. The summed E-state index contributed by atoms with van der Waals surface area (Å²) in [6, 6.07) is 9.79. The van der Waals surface area contributed by atoms with E-state index in [1.54, 1.807) is 18.3 Å². The number of alkyl halides is 2. The Balaban J connectivity index is 1.52. The van der Waals surface area contributed by atoms with Crippen molar-refractivity contribution in [2.45, 2.75) is 25.9 Å². The summed E-state index contributed by atoms with van der Waals surface area (Å²) in [6.07, 6.45) is 6.50. The Kier molecular flexibility index (Phi) is 6.50. The molecule has 2 atom stereocenters. The summed E-state index contributed by atoms with van der Waals surface area (Å²) in [7, 11) is 0. The minimum absolute atomic E-state index is 0.0687. The second-order valence-electron chi connectivity index (χ2n) is 9.14. The Bertz CT molecular complexity index is 1610. The number of carbonyl (C=O) groups excluding carboxylic acids is 1. The maximum atomic E-state index is 13.3. The van der Waals surface area contributed by atoms with Crippen LogP contribution in [0, 0.1) is 17.2 Å². The van der Waals surface area contributed by atoms with Gasteiger partial charge in [0.2, 0.25) is 0 Å². The van der Waals surface area contributed by atoms with E-state index < -0.39 is 18.0 Å². The van der Waals surface area contributed by atoms with Crippen LogP contribution < -0.4 is 21.5 Å². The van der Waals surface area contributed by atoms with E-state index in [1.165, 1.54) is 23.0 Å². The molecule has 0 bridgehead atoms. The molecule has 1 aliphatic rings. The van der Waals surface area contributed by atoms with Crippen LogP contribution in [0.1, 0.15) is 35.8 Å². The van der Waals surface area contributed by atoms with Crippen LogP contribution in [0.25, 0.3) is 16.6 Å². The third-order valence-electron chi connectivity index (χ3n) is 6.88. The van der Waals surface area contributed by atoms with Crippen molar-refractivity contribution in [2.75, 3.05) is 23.3 Å². The SMILES string of the molecule is CC[C@H]1CN(c2ccc(C#N)cn2)C[C@H]1Nc1c(C(N)=O)cnn2cc(-c3ccc(=O)n(C(F)F)c3)cc12. The van der Waals surface area contributed by atoms with Crippen LogP contribution >= 0.6 is 0 Å². The standard InChI is InChI=1S/C26H24F2N8O2/c1-2-16-11-34(22-5-3-15(8-29)9-31-22)14-20(16)33-24-19(25(30)38)10-32-36-13-18(7-21(24)36)17-4-6-23(37)35(12-17)26(27)28/h3-7,9-10,12-13,16,20,26,33H,2,11,14H2,1H3,(H2,30,38)/t16-,20+/m0/s1. The Hall–Kier alpha value is -4.79. The van der Waals surface area contributed by atoms with Crippen molar-refractivity contribution in [2.24, 2.45) is 11.7 Å². The van der Waals surface area contributed by atoms with Crippen LogP contribution in [-0.2, 0) is 0 Å². The maximum absolute atomic E-state index is 13.3. The van der Waals surface area contributed by atoms with E-state index in [0.717, 1.165) is 31.0 Å². The number of anilines is 2. The molecule has 5 rings (SSSR count). The Labute approximate surface area is 215 Å². The highest BCUT2D eigenvalue weighted by atomic mass is 19.3. The molecule has 0 spiro atoms. The van der Waals surface area contributed by atoms with E-state index in [9.17, 15) is 18.4 Å². The smallest absolute Gasteiger partial charge is 0.321 e. The number of nitrogens with two attached hydrogens (primary N) is 1. The lowest BCUT2D eigenvalue weighted by atomic mass is 10.00. The van der Waals surface area contributed by atoms with Crippen LogP contribution in [0.3, 0.4) is 0 Å². The molecule has 194 valence electrons. The fourth-order valence-electron chi connectivity index (χ4n) is 4.84. The van der Waals surface area contributed by atoms with Crippen LogP contribution in [0.15, 0.2) is 59.9 Å². The van der Waals surface area contributed by atoms with Gasteiger partial charge >= 0.3 is 6.55 Å². The number of halogens is 2. The van der Waals surface area contributed by atoms with Gasteiger partial charge in [-0.25, -0.2) is 9.50 Å². The Morgan fingerprint density at radius 1 is 1.21 bits per heavy atom. The van der Waals surface area contributed by atoms with Crippen molar-refractivity contribution in [3.63, 3.8) is 0 Å². The fraction of sp³-hybridized carbons (Fsp3) is 0.269. The minimum Gasteiger partial charge on any atom is -0.378 e. The molecule has 0 aliphatic carbocycles. The van der Waals surface area contributed by atoms with Gasteiger partial charge in [0.1, 0.15) is 11.9 Å². The lowest BCUT2D eigenvalue weighted by Gasteiger charge is -2.21. The third-order valence-corrected chi connectivity index (χ3v) is 6.88. The average molecular weight is 519 g/mol. The first kappa shape index (κ1) is 24.9. The lowest BCUT2D eigenvalue weighted by molar-refractivity contribution is 0.0665. The summed E-state index contributed by atoms with van der Waals surface area (Å²) in [6.45, 7) is 0.427. The molecule has 0 unspecified atom stereocenters. The van der Waals surface area contributed by atoms with Gasteiger partial charge in [-0.15, -0.1) is 0 Å². The molecular weight excluding hydrogens is 494 g/mol. The van der Waals surface area contributed by atoms with E-state index in [4.69, 9.17) is 11.0 Å². The predicted octanol–water partition coefficient (Wildman–Crippen LogP) is 3.25. The molecule has 0 saturated carbocycles. The van der Waals surface area contributed by atoms with E-state index in [0.29, 0.717) is 39.0 Å². The molecular formula is C26H24F2N8O2. The van der Waals surface area contributed by atoms with Gasteiger partial charge in [-0.1, -0.05) is 6.92 Å². The first-order chi connectivity index (χ1) is 18.3. The summed E-state index contributed by atoms with van der Waals surface area (Å²) in [5.74, 6) is 0.305. The van der Waals surface area contributed by atoms with Gasteiger partial charge in [0.15, 0.2) is 0 Å². The van der Waals surface area contributed by atoms with Crippen molar-refractivity contribution in [1.82, 2.24) is 19.2 Å². The molecule has 4 aromatic heterocycles. The van der Waals surface area contributed by atoms with Gasteiger partial charge in [-0.2, -0.15) is 19.1 Å². The van der Waals surface area contributed by atoms with Gasteiger partial charge < -0.3 is 16.0 Å². The largest absolute Gasteiger partial charge is 0.378 e. The van der Waals surface area contributed by atoms with E-state index in [2.05, 4.69) is 33.3 Å². The Morgan fingerprint density at radius 2 is 2.03 bits per heavy atom.